The SMILES string of the molecule is CCOC(=O)c1c(NC(=O)c2cc(-c3ccccc3)nc3ccccc23)sc2c1CCN(C(C)=O)C2. The fraction of sp³-hybridized carbons (Fsp3) is 0.214. The second-order valence-corrected chi connectivity index (χ2v) is 9.62. The number of carbonyl (C=O) groups excluding carboxylic acids is 3. The number of benzene rings is 2. The summed E-state index contributed by atoms with van der Waals surface area (Å²) in [6, 6.07) is 19.0. The van der Waals surface area contributed by atoms with Crippen LogP contribution >= 0.6 is 11.3 Å². The van der Waals surface area contributed by atoms with Crippen molar-refractivity contribution in [3.63, 3.8) is 0 Å². The van der Waals surface area contributed by atoms with Gasteiger partial charge in [-0.2, -0.15) is 0 Å². The zero-order valence-corrected chi connectivity index (χ0v) is 20.9. The van der Waals surface area contributed by atoms with Crippen LogP contribution in [0.1, 0.15) is 45.0 Å². The number of nitrogens with zero attached hydrogens (tertiary/aromatic N) is 2. The van der Waals surface area contributed by atoms with Gasteiger partial charge in [0.2, 0.25) is 5.91 Å². The number of ether oxygens (including phenoxy) is 1. The summed E-state index contributed by atoms with van der Waals surface area (Å²) in [6.07, 6.45) is 0.534. The molecule has 1 aliphatic heterocycles. The van der Waals surface area contributed by atoms with Crippen molar-refractivity contribution in [1.82, 2.24) is 9.88 Å². The van der Waals surface area contributed by atoms with Gasteiger partial charge in [0, 0.05) is 29.3 Å². The van der Waals surface area contributed by atoms with Gasteiger partial charge in [-0.15, -0.1) is 11.3 Å². The number of anilines is 1. The monoisotopic (exact) mass is 499 g/mol. The molecule has 7 nitrogen and oxygen atoms in total. The molecule has 2 aromatic carbocycles. The standard InChI is InChI=1S/C28H25N3O4S/c1-3-35-28(34)25-20-13-14-31(17(2)32)16-24(20)36-27(25)30-26(33)21-15-23(18-9-5-4-6-10-18)29-22-12-8-7-11-19(21)22/h4-12,15H,3,13-14,16H2,1-2H3,(H,30,33). The zero-order valence-electron chi connectivity index (χ0n) is 20.0. The first-order chi connectivity index (χ1) is 17.5. The lowest BCUT2D eigenvalue weighted by atomic mass is 10.0. The van der Waals surface area contributed by atoms with E-state index in [1.165, 1.54) is 18.3 Å². The Kier molecular flexibility index (Phi) is 6.52. The number of hydrogen-bond donors (Lipinski definition) is 1. The Morgan fingerprint density at radius 1 is 1.08 bits per heavy atom. The molecule has 0 aliphatic carbocycles. The van der Waals surface area contributed by atoms with Crippen LogP contribution in [0.15, 0.2) is 60.7 Å². The smallest absolute Gasteiger partial charge is 0.341 e. The third kappa shape index (κ3) is 4.47. The highest BCUT2D eigenvalue weighted by Crippen LogP contribution is 2.38. The van der Waals surface area contributed by atoms with Crippen LogP contribution in [0.25, 0.3) is 22.2 Å². The Morgan fingerprint density at radius 3 is 2.58 bits per heavy atom. The van der Waals surface area contributed by atoms with Crippen LogP contribution in [0.2, 0.25) is 0 Å². The molecule has 0 spiro atoms. The van der Waals surface area contributed by atoms with Gasteiger partial charge in [0.1, 0.15) is 5.00 Å². The van der Waals surface area contributed by atoms with Crippen LogP contribution in [0, 0.1) is 0 Å². The van der Waals surface area contributed by atoms with E-state index in [0.717, 1.165) is 21.4 Å². The number of fused-ring (bicyclic) bond motifs is 2. The fourth-order valence-electron chi connectivity index (χ4n) is 4.47. The number of rotatable bonds is 5. The Hall–Kier alpha value is -4.04. The molecule has 4 aromatic rings. The minimum atomic E-state index is -0.467. The number of thiophene rings is 1. The summed E-state index contributed by atoms with van der Waals surface area (Å²) in [6.45, 7) is 4.45. The Balaban J connectivity index is 1.57. The van der Waals surface area contributed by atoms with Crippen LogP contribution in [0.4, 0.5) is 5.00 Å². The number of amides is 2. The molecule has 0 atom stereocenters. The van der Waals surface area contributed by atoms with Crippen molar-refractivity contribution < 1.29 is 19.1 Å². The molecule has 5 rings (SSSR count). The van der Waals surface area contributed by atoms with Gasteiger partial charge in [0.25, 0.3) is 5.91 Å². The quantitative estimate of drug-likeness (QED) is 0.377. The van der Waals surface area contributed by atoms with E-state index in [1.807, 2.05) is 54.6 Å². The Morgan fingerprint density at radius 2 is 1.83 bits per heavy atom. The van der Waals surface area contributed by atoms with Crippen molar-refractivity contribution in [2.45, 2.75) is 26.8 Å². The molecule has 0 fully saturated rings. The number of aromatic nitrogens is 1. The van der Waals surface area contributed by atoms with Crippen LogP contribution in [-0.2, 0) is 22.5 Å². The number of para-hydroxylation sites is 1. The lowest BCUT2D eigenvalue weighted by Crippen LogP contribution is -2.34. The highest BCUT2D eigenvalue weighted by molar-refractivity contribution is 7.17. The van der Waals surface area contributed by atoms with Crippen LogP contribution in [-0.4, -0.2) is 40.8 Å². The van der Waals surface area contributed by atoms with E-state index in [9.17, 15) is 14.4 Å². The number of carbonyl (C=O) groups is 3. The average Bonchev–Trinajstić information content (AvgIpc) is 3.25. The lowest BCUT2D eigenvalue weighted by molar-refractivity contribution is -0.129. The summed E-state index contributed by atoms with van der Waals surface area (Å²) in [5, 5.41) is 4.15. The normalized spacial score (nSPS) is 12.8. The van der Waals surface area contributed by atoms with Gasteiger partial charge in [-0.05, 0) is 31.0 Å². The van der Waals surface area contributed by atoms with Gasteiger partial charge in [0.05, 0.1) is 35.5 Å². The second kappa shape index (κ2) is 9.91. The predicted molar refractivity (Wildman–Crippen MR) is 140 cm³/mol. The maximum Gasteiger partial charge on any atom is 0.341 e. The molecule has 8 heteroatoms. The summed E-state index contributed by atoms with van der Waals surface area (Å²) in [5.41, 5.74) is 3.99. The van der Waals surface area contributed by atoms with E-state index in [1.54, 1.807) is 17.9 Å². The fourth-order valence-corrected chi connectivity index (χ4v) is 5.72. The summed E-state index contributed by atoms with van der Waals surface area (Å²) < 4.78 is 5.33. The highest BCUT2D eigenvalue weighted by Gasteiger charge is 2.30. The van der Waals surface area contributed by atoms with Gasteiger partial charge in [-0.1, -0.05) is 48.5 Å². The molecule has 2 amide bonds. The zero-order chi connectivity index (χ0) is 25.2. The molecule has 2 aromatic heterocycles. The first-order valence-corrected chi connectivity index (χ1v) is 12.6. The van der Waals surface area contributed by atoms with Gasteiger partial charge >= 0.3 is 5.97 Å². The van der Waals surface area contributed by atoms with E-state index in [0.29, 0.717) is 46.8 Å². The molecule has 0 saturated carbocycles. The maximum atomic E-state index is 13.7. The van der Waals surface area contributed by atoms with Gasteiger partial charge in [-0.3, -0.25) is 9.59 Å². The predicted octanol–water partition coefficient (Wildman–Crippen LogP) is 5.30. The first kappa shape index (κ1) is 23.7. The largest absolute Gasteiger partial charge is 0.462 e. The Labute approximate surface area is 212 Å². The van der Waals surface area contributed by atoms with E-state index >= 15 is 0 Å². The Bertz CT molecular complexity index is 1480. The number of nitrogens with one attached hydrogen (secondary N) is 1. The van der Waals surface area contributed by atoms with E-state index < -0.39 is 5.97 Å². The van der Waals surface area contributed by atoms with E-state index in [2.05, 4.69) is 5.32 Å². The highest BCUT2D eigenvalue weighted by atomic mass is 32.1. The number of hydrogen-bond acceptors (Lipinski definition) is 6. The molecule has 36 heavy (non-hydrogen) atoms. The van der Waals surface area contributed by atoms with Gasteiger partial charge < -0.3 is 15.0 Å². The third-order valence-electron chi connectivity index (χ3n) is 6.24. The molecular formula is C28H25N3O4S. The summed E-state index contributed by atoms with van der Waals surface area (Å²) >= 11 is 1.32. The summed E-state index contributed by atoms with van der Waals surface area (Å²) in [4.78, 5) is 45.9. The maximum absolute atomic E-state index is 13.7. The van der Waals surface area contributed by atoms with Crippen LogP contribution in [0.5, 0.6) is 0 Å². The molecule has 0 radical (unpaired) electrons. The molecule has 1 aliphatic rings. The second-order valence-electron chi connectivity index (χ2n) is 8.51. The lowest BCUT2D eigenvalue weighted by Gasteiger charge is -2.25. The number of pyridine rings is 1. The van der Waals surface area contributed by atoms with E-state index in [4.69, 9.17) is 9.72 Å². The molecule has 3 heterocycles. The molecule has 0 unspecified atom stereocenters. The van der Waals surface area contributed by atoms with Gasteiger partial charge in [-0.25, -0.2) is 9.78 Å². The van der Waals surface area contributed by atoms with Crippen LogP contribution < -0.4 is 5.32 Å². The van der Waals surface area contributed by atoms with Crippen molar-refractivity contribution in [2.24, 2.45) is 0 Å². The molecule has 1 N–H and O–H groups in total. The number of esters is 1. The topological polar surface area (TPSA) is 88.6 Å². The van der Waals surface area contributed by atoms with E-state index in [-0.39, 0.29) is 18.4 Å². The average molecular weight is 500 g/mol. The van der Waals surface area contributed by atoms with Crippen molar-refractivity contribution >= 4 is 45.0 Å². The minimum Gasteiger partial charge on any atom is -0.462 e. The minimum absolute atomic E-state index is 0.0194. The van der Waals surface area contributed by atoms with Crippen molar-refractivity contribution in [3.8, 4) is 11.3 Å². The summed E-state index contributed by atoms with van der Waals surface area (Å²) in [5.74, 6) is -0.821. The van der Waals surface area contributed by atoms with Crippen LogP contribution in [0.3, 0.4) is 0 Å². The molecule has 0 bridgehead atoms. The molecule has 182 valence electrons. The van der Waals surface area contributed by atoms with Crippen molar-refractivity contribution in [1.29, 1.82) is 0 Å². The molecular weight excluding hydrogens is 474 g/mol. The first-order valence-electron chi connectivity index (χ1n) is 11.8. The van der Waals surface area contributed by atoms with Gasteiger partial charge in [0.15, 0.2) is 0 Å². The molecule has 0 saturated heterocycles. The van der Waals surface area contributed by atoms with Crippen molar-refractivity contribution in [3.05, 3.63) is 82.2 Å². The summed E-state index contributed by atoms with van der Waals surface area (Å²) in [7, 11) is 0. The third-order valence-corrected chi connectivity index (χ3v) is 7.37. The van der Waals surface area contributed by atoms with Crippen molar-refractivity contribution in [2.75, 3.05) is 18.5 Å².